The van der Waals surface area contributed by atoms with E-state index in [-0.39, 0.29) is 12.2 Å². The van der Waals surface area contributed by atoms with Gasteiger partial charge < -0.3 is 4.74 Å². The summed E-state index contributed by atoms with van der Waals surface area (Å²) in [5.74, 6) is 1.75. The summed E-state index contributed by atoms with van der Waals surface area (Å²) in [6, 6.07) is 68.0. The summed E-state index contributed by atoms with van der Waals surface area (Å²) < 4.78 is 6.54. The monoisotopic (exact) mass is 717 g/mol. The van der Waals surface area contributed by atoms with Crippen LogP contribution in [0, 0.1) is 0 Å². The lowest BCUT2D eigenvalue weighted by Gasteiger charge is -2.38. The fraction of sp³-hybridized carbons (Fsp3) is 0.0577. The van der Waals surface area contributed by atoms with Crippen molar-refractivity contribution in [3.63, 3.8) is 0 Å². The Labute approximate surface area is 326 Å². The van der Waals surface area contributed by atoms with Crippen LogP contribution in [0.5, 0.6) is 11.5 Å². The number of ether oxygens (including phenoxy) is 1. The van der Waals surface area contributed by atoms with Crippen molar-refractivity contribution in [1.29, 1.82) is 0 Å². The van der Waals surface area contributed by atoms with Gasteiger partial charge in [0.25, 0.3) is 0 Å². The van der Waals surface area contributed by atoms with E-state index in [4.69, 9.17) is 9.72 Å². The average molecular weight is 718 g/mol. The number of hydrogen-bond acceptors (Lipinski definition) is 4. The van der Waals surface area contributed by atoms with Gasteiger partial charge in [-0.3, -0.25) is 9.99 Å². The van der Waals surface area contributed by atoms with E-state index >= 15 is 0 Å². The van der Waals surface area contributed by atoms with Gasteiger partial charge in [-0.2, -0.15) is 5.01 Å². The molecule has 4 heteroatoms. The molecule has 0 saturated carbocycles. The molecule has 1 spiro atoms. The van der Waals surface area contributed by atoms with Gasteiger partial charge in [-0.25, -0.2) is 0 Å². The fourth-order valence-electron chi connectivity index (χ4n) is 9.62. The van der Waals surface area contributed by atoms with E-state index in [1.807, 2.05) is 12.3 Å². The summed E-state index contributed by atoms with van der Waals surface area (Å²) in [6.07, 6.45) is 4.55. The average Bonchev–Trinajstić information content (AvgIpc) is 3.78. The number of benzene rings is 7. The van der Waals surface area contributed by atoms with Gasteiger partial charge in [0.2, 0.25) is 0 Å². The molecule has 7 aromatic carbocycles. The zero-order valence-electron chi connectivity index (χ0n) is 30.5. The third-order valence-corrected chi connectivity index (χ3v) is 12.2. The molecule has 4 aliphatic rings. The van der Waals surface area contributed by atoms with E-state index in [1.54, 1.807) is 0 Å². The number of fused-ring (bicyclic) bond motifs is 10. The Morgan fingerprint density at radius 2 is 1.05 bits per heavy atom. The van der Waals surface area contributed by atoms with Crippen molar-refractivity contribution in [2.24, 2.45) is 0 Å². The topological polar surface area (TPSA) is 28.1 Å². The van der Waals surface area contributed by atoms with Crippen molar-refractivity contribution in [1.82, 2.24) is 15.0 Å². The fourth-order valence-corrected chi connectivity index (χ4v) is 9.62. The molecule has 8 aromatic rings. The minimum Gasteiger partial charge on any atom is -0.457 e. The SMILES string of the molecule is C1=C(c2ccc(-c3ccc4c(c3)C3(c5ccccc5Oc5ccccc53)c3ncccc3-4)cc2)N2C(c3ccccc3)N2C1c1ccc(-c2ccccc2)cc1. The molecule has 0 N–H and O–H groups in total. The van der Waals surface area contributed by atoms with E-state index < -0.39 is 5.41 Å². The van der Waals surface area contributed by atoms with Gasteiger partial charge in [0.05, 0.1) is 22.8 Å². The zero-order chi connectivity index (χ0) is 36.8. The summed E-state index contributed by atoms with van der Waals surface area (Å²) in [5, 5.41) is 4.97. The minimum absolute atomic E-state index is 0.146. The number of para-hydroxylation sites is 2. The van der Waals surface area contributed by atoms with Crippen LogP contribution >= 0.6 is 0 Å². The van der Waals surface area contributed by atoms with Gasteiger partial charge in [-0.1, -0.05) is 164 Å². The maximum Gasteiger partial charge on any atom is 0.141 e. The molecular formula is C52H35N3O. The molecule has 1 fully saturated rings. The molecular weight excluding hydrogens is 683 g/mol. The molecule has 0 bridgehead atoms. The molecule has 3 aliphatic heterocycles. The largest absolute Gasteiger partial charge is 0.457 e. The van der Waals surface area contributed by atoms with Crippen LogP contribution in [-0.4, -0.2) is 15.0 Å². The molecule has 0 amide bonds. The van der Waals surface area contributed by atoms with Crippen LogP contribution in [-0.2, 0) is 5.41 Å². The Morgan fingerprint density at radius 3 is 1.79 bits per heavy atom. The number of aromatic nitrogens is 1. The Bertz CT molecular complexity index is 2800. The summed E-state index contributed by atoms with van der Waals surface area (Å²) >= 11 is 0. The van der Waals surface area contributed by atoms with Crippen molar-refractivity contribution in [2.75, 3.05) is 0 Å². The van der Waals surface area contributed by atoms with Gasteiger partial charge in [0.1, 0.15) is 17.7 Å². The summed E-state index contributed by atoms with van der Waals surface area (Å²) in [5.41, 5.74) is 16.2. The molecule has 3 unspecified atom stereocenters. The van der Waals surface area contributed by atoms with Crippen LogP contribution in [0.4, 0.5) is 0 Å². The molecule has 1 aliphatic carbocycles. The number of pyridine rings is 1. The predicted octanol–water partition coefficient (Wildman–Crippen LogP) is 12.2. The molecule has 4 heterocycles. The van der Waals surface area contributed by atoms with E-state index in [1.165, 1.54) is 61.3 Å². The van der Waals surface area contributed by atoms with Crippen molar-refractivity contribution < 1.29 is 4.74 Å². The van der Waals surface area contributed by atoms with Crippen molar-refractivity contribution in [2.45, 2.75) is 17.6 Å². The molecule has 3 atom stereocenters. The van der Waals surface area contributed by atoms with Gasteiger partial charge in [-0.05, 0) is 80.4 Å². The van der Waals surface area contributed by atoms with Gasteiger partial charge >= 0.3 is 0 Å². The second-order valence-corrected chi connectivity index (χ2v) is 15.1. The highest BCUT2D eigenvalue weighted by Gasteiger charge is 2.56. The van der Waals surface area contributed by atoms with E-state index in [2.05, 4.69) is 198 Å². The highest BCUT2D eigenvalue weighted by atomic mass is 16.5. The molecule has 0 radical (unpaired) electrons. The van der Waals surface area contributed by atoms with E-state index in [0.717, 1.165) is 28.3 Å². The normalized spacial score (nSPS) is 18.9. The first-order chi connectivity index (χ1) is 27.8. The highest BCUT2D eigenvalue weighted by molar-refractivity contribution is 5.89. The Kier molecular flexibility index (Phi) is 6.72. The first-order valence-corrected chi connectivity index (χ1v) is 19.3. The Balaban J connectivity index is 0.935. The minimum atomic E-state index is -0.592. The van der Waals surface area contributed by atoms with E-state index in [9.17, 15) is 0 Å². The Hall–Kier alpha value is -7.01. The molecule has 4 nitrogen and oxygen atoms in total. The van der Waals surface area contributed by atoms with Crippen LogP contribution in [0.25, 0.3) is 39.1 Å². The predicted molar refractivity (Wildman–Crippen MR) is 223 cm³/mol. The Morgan fingerprint density at radius 1 is 0.464 bits per heavy atom. The first kappa shape index (κ1) is 31.4. The third kappa shape index (κ3) is 4.48. The second-order valence-electron chi connectivity index (χ2n) is 15.1. The summed E-state index contributed by atoms with van der Waals surface area (Å²) in [7, 11) is 0. The van der Waals surface area contributed by atoms with Crippen LogP contribution in [0.3, 0.4) is 0 Å². The zero-order valence-corrected chi connectivity index (χ0v) is 30.5. The van der Waals surface area contributed by atoms with Gasteiger partial charge in [-0.15, -0.1) is 0 Å². The maximum atomic E-state index is 6.54. The quantitative estimate of drug-likeness (QED) is 0.166. The molecule has 1 saturated heterocycles. The number of hydrazine groups is 1. The highest BCUT2D eigenvalue weighted by Crippen LogP contribution is 2.62. The molecule has 264 valence electrons. The third-order valence-electron chi connectivity index (χ3n) is 12.2. The van der Waals surface area contributed by atoms with Crippen LogP contribution in [0.15, 0.2) is 200 Å². The van der Waals surface area contributed by atoms with Crippen molar-refractivity contribution >= 4 is 5.70 Å². The lowest BCUT2D eigenvalue weighted by atomic mass is 9.67. The molecule has 56 heavy (non-hydrogen) atoms. The standard InChI is InChI=1S/C52H35N3O/c1-3-12-34(13-4-1)35-21-25-37(26-22-35)46-33-47(55-51(54(46)55)39-14-5-2-6-15-39)38-27-23-36(24-28-38)40-29-30-41-42-16-11-31-53-50(42)52(45(41)32-40)43-17-7-9-19-48(43)56-49-20-10-8-18-44(49)52/h1-33,46,51H. The van der Waals surface area contributed by atoms with Gasteiger partial charge in [0, 0.05) is 22.9 Å². The lowest BCUT2D eigenvalue weighted by molar-refractivity contribution is 0.365. The van der Waals surface area contributed by atoms with Gasteiger partial charge in [0.15, 0.2) is 0 Å². The van der Waals surface area contributed by atoms with Crippen molar-refractivity contribution in [3.8, 4) is 44.9 Å². The first-order valence-electron chi connectivity index (χ1n) is 19.3. The molecule has 12 rings (SSSR count). The number of hydrogen-bond donors (Lipinski definition) is 0. The second kappa shape index (κ2) is 12.0. The maximum absolute atomic E-state index is 6.54. The van der Waals surface area contributed by atoms with Crippen LogP contribution in [0.1, 0.15) is 51.3 Å². The summed E-state index contributed by atoms with van der Waals surface area (Å²) in [6.45, 7) is 0. The summed E-state index contributed by atoms with van der Waals surface area (Å²) in [4.78, 5) is 5.12. The molecule has 1 aromatic heterocycles. The number of rotatable bonds is 5. The van der Waals surface area contributed by atoms with Crippen LogP contribution in [0.2, 0.25) is 0 Å². The van der Waals surface area contributed by atoms with E-state index in [0.29, 0.717) is 0 Å². The van der Waals surface area contributed by atoms with Crippen LogP contribution < -0.4 is 4.74 Å². The lowest BCUT2D eigenvalue weighted by Crippen LogP contribution is -2.33. The smallest absolute Gasteiger partial charge is 0.141 e. The van der Waals surface area contributed by atoms with Crippen molar-refractivity contribution in [3.05, 3.63) is 239 Å². The number of nitrogens with zero attached hydrogens (tertiary/aromatic N) is 3.